The van der Waals surface area contributed by atoms with E-state index in [9.17, 15) is 19.0 Å². The van der Waals surface area contributed by atoms with Crippen LogP contribution in [0.3, 0.4) is 0 Å². The number of rotatable bonds is 46. The lowest BCUT2D eigenvalue weighted by atomic mass is 10.1. The molecule has 0 radical (unpaired) electrons. The fraction of sp³-hybridized carbons (Fsp3) is 0.698. The summed E-state index contributed by atoms with van der Waals surface area (Å²) in [6, 6.07) is 0. The van der Waals surface area contributed by atoms with Crippen molar-refractivity contribution in [3.63, 3.8) is 0 Å². The van der Waals surface area contributed by atoms with E-state index in [4.69, 9.17) is 24.3 Å². The number of esters is 2. The summed E-state index contributed by atoms with van der Waals surface area (Å²) in [5, 5.41) is 0. The van der Waals surface area contributed by atoms with Crippen LogP contribution in [-0.4, -0.2) is 49.3 Å². The van der Waals surface area contributed by atoms with Crippen LogP contribution in [-0.2, 0) is 32.7 Å². The highest BCUT2D eigenvalue weighted by atomic mass is 31.2. The van der Waals surface area contributed by atoms with Crippen molar-refractivity contribution in [1.82, 2.24) is 0 Å². The molecule has 0 bridgehead atoms. The Bertz CT molecular complexity index is 1300. The van der Waals surface area contributed by atoms with Crippen molar-refractivity contribution >= 4 is 19.8 Å². The topological polar surface area (TPSA) is 134 Å². The number of carbonyl (C=O) groups excluding carboxylic acids is 2. The van der Waals surface area contributed by atoms with Crippen LogP contribution in [0.2, 0.25) is 0 Å². The monoisotopic (exact) mass is 902 g/mol. The number of phosphoric acid groups is 1. The SMILES string of the molecule is CC/C=C\C/C=C\C/C=C\C/C=C\C/C=C\C/C=C\CCCCCCCCCCC(=O)OC(COC(=O)CCCCCCC/C=C\CCCCCCCC)COP(=O)(O)OCCN. The first-order valence-electron chi connectivity index (χ1n) is 25.1. The van der Waals surface area contributed by atoms with Crippen LogP contribution < -0.4 is 5.73 Å². The maximum Gasteiger partial charge on any atom is 0.472 e. The number of hydrogen-bond donors (Lipinski definition) is 2. The lowest BCUT2D eigenvalue weighted by Gasteiger charge is -2.19. The number of allylic oxidation sites excluding steroid dienone is 14. The zero-order valence-electron chi connectivity index (χ0n) is 40.0. The van der Waals surface area contributed by atoms with E-state index in [1.807, 2.05) is 0 Å². The minimum atomic E-state index is -4.39. The molecule has 3 N–H and O–H groups in total. The van der Waals surface area contributed by atoms with Crippen molar-refractivity contribution in [2.24, 2.45) is 5.73 Å². The highest BCUT2D eigenvalue weighted by molar-refractivity contribution is 7.47. The molecule has 2 atom stereocenters. The summed E-state index contributed by atoms with van der Waals surface area (Å²) in [5.41, 5.74) is 5.36. The van der Waals surface area contributed by atoms with Gasteiger partial charge in [-0.2, -0.15) is 0 Å². The highest BCUT2D eigenvalue weighted by Crippen LogP contribution is 2.43. The van der Waals surface area contributed by atoms with E-state index < -0.39 is 32.5 Å². The van der Waals surface area contributed by atoms with Gasteiger partial charge < -0.3 is 20.1 Å². The molecular weight excluding hydrogens is 810 g/mol. The summed E-state index contributed by atoms with van der Waals surface area (Å²) in [7, 11) is -4.39. The van der Waals surface area contributed by atoms with Gasteiger partial charge in [0.05, 0.1) is 13.2 Å². The molecule has 2 unspecified atom stereocenters. The van der Waals surface area contributed by atoms with Crippen LogP contribution in [0.15, 0.2) is 85.1 Å². The molecule has 0 saturated carbocycles. The van der Waals surface area contributed by atoms with Gasteiger partial charge in [-0.05, 0) is 89.9 Å². The van der Waals surface area contributed by atoms with Crippen LogP contribution in [0.25, 0.3) is 0 Å². The van der Waals surface area contributed by atoms with E-state index in [0.717, 1.165) is 103 Å². The number of unbranched alkanes of at least 4 members (excludes halogenated alkanes) is 19. The molecule has 362 valence electrons. The Hall–Kier alpha value is -2.81. The van der Waals surface area contributed by atoms with E-state index in [2.05, 4.69) is 98.9 Å². The molecule has 0 aromatic rings. The Morgan fingerprint density at radius 1 is 0.492 bits per heavy atom. The van der Waals surface area contributed by atoms with Crippen LogP contribution >= 0.6 is 7.82 Å². The average Bonchev–Trinajstić information content (AvgIpc) is 3.27. The largest absolute Gasteiger partial charge is 0.472 e. The summed E-state index contributed by atoms with van der Waals surface area (Å²) in [4.78, 5) is 35.0. The maximum atomic E-state index is 12.6. The van der Waals surface area contributed by atoms with Crippen LogP contribution in [0, 0.1) is 0 Å². The van der Waals surface area contributed by atoms with E-state index in [1.54, 1.807) is 0 Å². The second-order valence-electron chi connectivity index (χ2n) is 16.3. The average molecular weight is 902 g/mol. The molecule has 0 amide bonds. The fourth-order valence-corrected chi connectivity index (χ4v) is 7.34. The molecule has 0 heterocycles. The third-order valence-electron chi connectivity index (χ3n) is 10.3. The van der Waals surface area contributed by atoms with Gasteiger partial charge in [0.1, 0.15) is 6.61 Å². The van der Waals surface area contributed by atoms with Crippen molar-refractivity contribution < 1.29 is 37.6 Å². The lowest BCUT2D eigenvalue weighted by Crippen LogP contribution is -2.29. The Balaban J connectivity index is 4.09. The number of hydrogen-bond acceptors (Lipinski definition) is 8. The molecule has 0 spiro atoms. The summed E-state index contributed by atoms with van der Waals surface area (Å²) in [5.74, 6) is -0.851. The van der Waals surface area contributed by atoms with Crippen molar-refractivity contribution in [3.8, 4) is 0 Å². The minimum absolute atomic E-state index is 0.0470. The Kier molecular flexibility index (Phi) is 46.5. The summed E-state index contributed by atoms with van der Waals surface area (Å²) >= 11 is 0. The molecule has 0 aliphatic carbocycles. The maximum absolute atomic E-state index is 12.6. The Morgan fingerprint density at radius 3 is 1.32 bits per heavy atom. The second kappa shape index (κ2) is 48.6. The standard InChI is InChI=1S/C53H92NO8P/c1-3-5-7-9-11-13-15-17-19-20-21-22-23-24-25-26-27-28-29-30-32-34-36-38-40-42-44-46-53(56)62-51(50-61-63(57,58)60-48-47-54)49-59-52(55)45-43-41-39-37-35-33-31-18-16-14-12-10-8-6-4-2/h5,7,11,13,17-19,21-22,24-25,27-28,31,51H,3-4,6,8-10,12,14-16,20,23,26,29-30,32-50,54H2,1-2H3,(H,57,58)/b7-5-,13-11-,19-17-,22-21-,25-24-,28-27-,31-18-. The number of carbonyl (C=O) groups is 2. The predicted molar refractivity (Wildman–Crippen MR) is 265 cm³/mol. The van der Waals surface area contributed by atoms with Gasteiger partial charge in [-0.3, -0.25) is 18.6 Å². The van der Waals surface area contributed by atoms with Gasteiger partial charge in [0.2, 0.25) is 0 Å². The first-order chi connectivity index (χ1) is 30.8. The Labute approximate surface area is 385 Å². The number of ether oxygens (including phenoxy) is 2. The molecule has 0 fully saturated rings. The van der Waals surface area contributed by atoms with Crippen molar-refractivity contribution in [1.29, 1.82) is 0 Å². The van der Waals surface area contributed by atoms with Gasteiger partial charge >= 0.3 is 19.8 Å². The molecule has 63 heavy (non-hydrogen) atoms. The third kappa shape index (κ3) is 48.5. The quantitative estimate of drug-likeness (QED) is 0.0265. The molecule has 0 aromatic heterocycles. The van der Waals surface area contributed by atoms with Crippen molar-refractivity contribution in [3.05, 3.63) is 85.1 Å². The normalized spacial score (nSPS) is 13.9. The molecule has 10 heteroatoms. The van der Waals surface area contributed by atoms with Gasteiger partial charge in [0.15, 0.2) is 6.10 Å². The smallest absolute Gasteiger partial charge is 0.462 e. The number of nitrogens with two attached hydrogens (primary N) is 1. The summed E-state index contributed by atoms with van der Waals surface area (Å²) in [6.07, 6.45) is 61.9. The zero-order chi connectivity index (χ0) is 46.0. The molecule has 9 nitrogen and oxygen atoms in total. The van der Waals surface area contributed by atoms with Gasteiger partial charge in [0.25, 0.3) is 0 Å². The van der Waals surface area contributed by atoms with Crippen molar-refractivity contribution in [2.45, 2.75) is 213 Å². The summed E-state index contributed by atoms with van der Waals surface area (Å²) < 4.78 is 32.9. The van der Waals surface area contributed by atoms with E-state index in [1.165, 1.54) is 70.6 Å². The minimum Gasteiger partial charge on any atom is -0.462 e. The van der Waals surface area contributed by atoms with Gasteiger partial charge in [-0.15, -0.1) is 0 Å². The second-order valence-corrected chi connectivity index (χ2v) is 17.8. The molecular formula is C53H92NO8P. The molecule has 0 rings (SSSR count). The van der Waals surface area contributed by atoms with Crippen LogP contribution in [0.1, 0.15) is 206 Å². The lowest BCUT2D eigenvalue weighted by molar-refractivity contribution is -0.161. The first kappa shape index (κ1) is 60.2. The predicted octanol–water partition coefficient (Wildman–Crippen LogP) is 15.2. The van der Waals surface area contributed by atoms with Gasteiger partial charge in [-0.1, -0.05) is 189 Å². The molecule has 0 aromatic carbocycles. The fourth-order valence-electron chi connectivity index (χ4n) is 6.57. The first-order valence-corrected chi connectivity index (χ1v) is 26.6. The third-order valence-corrected chi connectivity index (χ3v) is 11.2. The molecule has 0 saturated heterocycles. The van der Waals surface area contributed by atoms with Gasteiger partial charge in [0, 0.05) is 19.4 Å². The zero-order valence-corrected chi connectivity index (χ0v) is 40.9. The Morgan fingerprint density at radius 2 is 0.873 bits per heavy atom. The molecule has 0 aliphatic heterocycles. The van der Waals surface area contributed by atoms with E-state index >= 15 is 0 Å². The summed E-state index contributed by atoms with van der Waals surface area (Å²) in [6.45, 7) is 3.59. The van der Waals surface area contributed by atoms with Gasteiger partial charge in [-0.25, -0.2) is 4.57 Å². The van der Waals surface area contributed by atoms with Crippen molar-refractivity contribution in [2.75, 3.05) is 26.4 Å². The van der Waals surface area contributed by atoms with Crippen LogP contribution in [0.5, 0.6) is 0 Å². The van der Waals surface area contributed by atoms with Crippen LogP contribution in [0.4, 0.5) is 0 Å². The highest BCUT2D eigenvalue weighted by Gasteiger charge is 2.26. The van der Waals surface area contributed by atoms with E-state index in [0.29, 0.717) is 6.42 Å². The number of phosphoric ester groups is 1. The molecule has 0 aliphatic rings. The van der Waals surface area contributed by atoms with E-state index in [-0.39, 0.29) is 32.6 Å².